The minimum Gasteiger partial charge on any atom is -0.354 e. The molecule has 1 unspecified atom stereocenters. The van der Waals surface area contributed by atoms with Crippen LogP contribution in [0.25, 0.3) is 0 Å². The fourth-order valence-electron chi connectivity index (χ4n) is 1.56. The highest BCUT2D eigenvalue weighted by Gasteiger charge is 2.19. The van der Waals surface area contributed by atoms with E-state index in [1.807, 2.05) is 13.8 Å². The van der Waals surface area contributed by atoms with E-state index in [1.54, 1.807) is 0 Å². The fraction of sp³-hybridized carbons (Fsp3) is 0.846. The normalized spacial score (nSPS) is 12.6. The molecule has 0 aromatic rings. The molecule has 0 saturated heterocycles. The maximum Gasteiger partial charge on any atom is 0.242 e. The Labute approximate surface area is 105 Å². The predicted molar refractivity (Wildman–Crippen MR) is 69.5 cm³/mol. The van der Waals surface area contributed by atoms with Crippen molar-refractivity contribution in [3.8, 4) is 0 Å². The van der Waals surface area contributed by atoms with Crippen LogP contribution in [0, 0.1) is 11.8 Å². The average molecular weight is 242 g/mol. The van der Waals surface area contributed by atoms with Gasteiger partial charge >= 0.3 is 0 Å². The van der Waals surface area contributed by atoms with Gasteiger partial charge in [0.15, 0.2) is 0 Å². The third kappa shape index (κ3) is 8.72. The molecule has 0 radical (unpaired) electrons. The smallest absolute Gasteiger partial charge is 0.242 e. The van der Waals surface area contributed by atoms with E-state index in [9.17, 15) is 9.59 Å². The molecule has 4 nitrogen and oxygen atoms in total. The van der Waals surface area contributed by atoms with Crippen LogP contribution >= 0.6 is 0 Å². The van der Waals surface area contributed by atoms with Crippen LogP contribution in [0.1, 0.15) is 47.5 Å². The van der Waals surface area contributed by atoms with Crippen molar-refractivity contribution >= 4 is 11.8 Å². The monoisotopic (exact) mass is 242 g/mol. The first-order valence-corrected chi connectivity index (χ1v) is 6.37. The van der Waals surface area contributed by atoms with Crippen LogP contribution in [0.15, 0.2) is 0 Å². The van der Waals surface area contributed by atoms with Gasteiger partial charge in [0.2, 0.25) is 11.8 Å². The highest BCUT2D eigenvalue weighted by atomic mass is 16.2. The number of hydrogen-bond acceptors (Lipinski definition) is 2. The second kappa shape index (κ2) is 8.09. The van der Waals surface area contributed by atoms with Gasteiger partial charge in [0.05, 0.1) is 0 Å². The van der Waals surface area contributed by atoms with Crippen molar-refractivity contribution in [1.82, 2.24) is 10.6 Å². The topological polar surface area (TPSA) is 58.2 Å². The van der Waals surface area contributed by atoms with E-state index in [1.165, 1.54) is 6.92 Å². The van der Waals surface area contributed by atoms with Crippen molar-refractivity contribution in [3.63, 3.8) is 0 Å². The lowest BCUT2D eigenvalue weighted by Crippen LogP contribution is -2.47. The molecule has 100 valence electrons. The summed E-state index contributed by atoms with van der Waals surface area (Å²) in [5, 5.41) is 5.57. The lowest BCUT2D eigenvalue weighted by atomic mass is 10.0. The summed E-state index contributed by atoms with van der Waals surface area (Å²) in [6, 6.07) is -0.403. The van der Waals surface area contributed by atoms with Gasteiger partial charge in [-0.3, -0.25) is 9.59 Å². The molecule has 0 aliphatic rings. The number of amides is 2. The number of hydrogen-bond donors (Lipinski definition) is 2. The lowest BCUT2D eigenvalue weighted by Gasteiger charge is -2.19. The number of rotatable bonds is 7. The van der Waals surface area contributed by atoms with E-state index in [-0.39, 0.29) is 11.8 Å². The Bertz CT molecular complexity index is 250. The zero-order chi connectivity index (χ0) is 13.4. The first kappa shape index (κ1) is 15.9. The molecule has 2 N–H and O–H groups in total. The minimum atomic E-state index is -0.403. The largest absolute Gasteiger partial charge is 0.354 e. The summed E-state index contributed by atoms with van der Waals surface area (Å²) in [4.78, 5) is 22.9. The van der Waals surface area contributed by atoms with E-state index >= 15 is 0 Å². The summed E-state index contributed by atoms with van der Waals surface area (Å²) in [7, 11) is 0. The van der Waals surface area contributed by atoms with Gasteiger partial charge in [0, 0.05) is 13.5 Å². The molecule has 0 bridgehead atoms. The van der Waals surface area contributed by atoms with Crippen LogP contribution in [-0.4, -0.2) is 24.4 Å². The Morgan fingerprint density at radius 1 is 1.06 bits per heavy atom. The first-order valence-electron chi connectivity index (χ1n) is 6.37. The number of nitrogens with one attached hydrogen (secondary N) is 2. The van der Waals surface area contributed by atoms with Crippen molar-refractivity contribution in [2.75, 3.05) is 6.54 Å². The molecule has 4 heteroatoms. The van der Waals surface area contributed by atoms with Gasteiger partial charge in [-0.1, -0.05) is 27.7 Å². The standard InChI is InChI=1S/C13H26N2O2/c1-9(2)6-7-14-13(17)12(8-10(3)4)15-11(5)16/h9-10,12H,6-8H2,1-5H3,(H,14,17)(H,15,16). The molecule has 0 rings (SSSR count). The molecule has 0 aliphatic carbocycles. The summed E-state index contributed by atoms with van der Waals surface area (Å²) >= 11 is 0. The first-order chi connectivity index (χ1) is 7.82. The average Bonchev–Trinajstić information content (AvgIpc) is 2.14. The summed E-state index contributed by atoms with van der Waals surface area (Å²) < 4.78 is 0. The van der Waals surface area contributed by atoms with Gasteiger partial charge in [-0.05, 0) is 24.7 Å². The summed E-state index contributed by atoms with van der Waals surface area (Å²) in [6.45, 7) is 10.4. The Kier molecular flexibility index (Phi) is 7.59. The van der Waals surface area contributed by atoms with E-state index in [4.69, 9.17) is 0 Å². The molecule has 0 heterocycles. The molecule has 0 saturated carbocycles. The zero-order valence-electron chi connectivity index (χ0n) is 11.7. The molecular weight excluding hydrogens is 216 g/mol. The van der Waals surface area contributed by atoms with Crippen molar-refractivity contribution in [2.45, 2.75) is 53.5 Å². The molecule has 1 atom stereocenters. The molecule has 0 spiro atoms. The summed E-state index contributed by atoms with van der Waals surface area (Å²) in [5.74, 6) is 0.714. The van der Waals surface area contributed by atoms with Gasteiger partial charge in [-0.25, -0.2) is 0 Å². The second-order valence-electron chi connectivity index (χ2n) is 5.36. The number of carbonyl (C=O) groups is 2. The Morgan fingerprint density at radius 3 is 2.06 bits per heavy atom. The Balaban J connectivity index is 4.17. The second-order valence-corrected chi connectivity index (χ2v) is 5.36. The van der Waals surface area contributed by atoms with Crippen LogP contribution in [0.3, 0.4) is 0 Å². The van der Waals surface area contributed by atoms with Gasteiger partial charge in [-0.15, -0.1) is 0 Å². The minimum absolute atomic E-state index is 0.0745. The maximum atomic E-state index is 11.9. The Morgan fingerprint density at radius 2 is 1.65 bits per heavy atom. The van der Waals surface area contributed by atoms with Crippen molar-refractivity contribution in [3.05, 3.63) is 0 Å². The molecule has 17 heavy (non-hydrogen) atoms. The van der Waals surface area contributed by atoms with Gasteiger partial charge in [0.25, 0.3) is 0 Å². The molecule has 0 aliphatic heterocycles. The van der Waals surface area contributed by atoms with Crippen LogP contribution in [0.2, 0.25) is 0 Å². The predicted octanol–water partition coefficient (Wildman–Crippen LogP) is 1.70. The molecule has 2 amide bonds. The number of carbonyl (C=O) groups excluding carboxylic acids is 2. The third-order valence-corrected chi connectivity index (χ3v) is 2.42. The van der Waals surface area contributed by atoms with E-state index in [2.05, 4.69) is 24.5 Å². The van der Waals surface area contributed by atoms with Crippen molar-refractivity contribution in [1.29, 1.82) is 0 Å². The van der Waals surface area contributed by atoms with E-state index in [0.29, 0.717) is 24.8 Å². The zero-order valence-corrected chi connectivity index (χ0v) is 11.7. The Hall–Kier alpha value is -1.06. The van der Waals surface area contributed by atoms with Crippen LogP contribution in [-0.2, 0) is 9.59 Å². The molecule has 0 aromatic heterocycles. The van der Waals surface area contributed by atoms with Gasteiger partial charge in [0.1, 0.15) is 6.04 Å². The molecular formula is C13H26N2O2. The SMILES string of the molecule is CC(=O)NC(CC(C)C)C(=O)NCCC(C)C. The lowest BCUT2D eigenvalue weighted by molar-refractivity contribution is -0.128. The van der Waals surface area contributed by atoms with Crippen LogP contribution in [0.4, 0.5) is 0 Å². The quantitative estimate of drug-likeness (QED) is 0.714. The fourth-order valence-corrected chi connectivity index (χ4v) is 1.56. The van der Waals surface area contributed by atoms with E-state index in [0.717, 1.165) is 6.42 Å². The van der Waals surface area contributed by atoms with Crippen molar-refractivity contribution in [2.24, 2.45) is 11.8 Å². The molecule has 0 aromatic carbocycles. The summed E-state index contributed by atoms with van der Waals surface area (Å²) in [6.07, 6.45) is 1.63. The third-order valence-electron chi connectivity index (χ3n) is 2.42. The van der Waals surface area contributed by atoms with E-state index < -0.39 is 6.04 Å². The van der Waals surface area contributed by atoms with Crippen LogP contribution in [0.5, 0.6) is 0 Å². The van der Waals surface area contributed by atoms with Gasteiger partial charge in [-0.2, -0.15) is 0 Å². The molecule has 0 fully saturated rings. The summed E-state index contributed by atoms with van der Waals surface area (Å²) in [5.41, 5.74) is 0. The van der Waals surface area contributed by atoms with Gasteiger partial charge < -0.3 is 10.6 Å². The van der Waals surface area contributed by atoms with Crippen LogP contribution < -0.4 is 10.6 Å². The highest BCUT2D eigenvalue weighted by Crippen LogP contribution is 2.05. The maximum absolute atomic E-state index is 11.9. The highest BCUT2D eigenvalue weighted by molar-refractivity contribution is 5.86. The van der Waals surface area contributed by atoms with Crippen molar-refractivity contribution < 1.29 is 9.59 Å².